The van der Waals surface area contributed by atoms with Crippen molar-refractivity contribution < 1.29 is 9.47 Å². The van der Waals surface area contributed by atoms with Crippen molar-refractivity contribution in [1.29, 1.82) is 0 Å². The van der Waals surface area contributed by atoms with E-state index in [9.17, 15) is 0 Å². The summed E-state index contributed by atoms with van der Waals surface area (Å²) in [6.07, 6.45) is 1.19. The highest BCUT2D eigenvalue weighted by molar-refractivity contribution is 6.32. The smallest absolute Gasteiger partial charge is 0.231 e. The maximum Gasteiger partial charge on any atom is 0.231 e. The third kappa shape index (κ3) is 3.05. The van der Waals surface area contributed by atoms with Gasteiger partial charge in [0.2, 0.25) is 6.79 Å². The van der Waals surface area contributed by atoms with Gasteiger partial charge in [0.25, 0.3) is 0 Å². The lowest BCUT2D eigenvalue weighted by Gasteiger charge is -2.10. The predicted octanol–water partition coefficient (Wildman–Crippen LogP) is 3.20. The summed E-state index contributed by atoms with van der Waals surface area (Å²) < 4.78 is 10.6. The van der Waals surface area contributed by atoms with E-state index >= 15 is 0 Å². The summed E-state index contributed by atoms with van der Waals surface area (Å²) >= 11 is 6.11. The Labute approximate surface area is 107 Å². The Kier molecular flexibility index (Phi) is 4.13. The van der Waals surface area contributed by atoms with Gasteiger partial charge in [-0.1, -0.05) is 31.9 Å². The van der Waals surface area contributed by atoms with Crippen LogP contribution in [0.3, 0.4) is 0 Å². The Morgan fingerprint density at radius 3 is 3.00 bits per heavy atom. The molecule has 0 aliphatic carbocycles. The molecule has 1 aromatic carbocycles. The van der Waals surface area contributed by atoms with Gasteiger partial charge in [0.1, 0.15) is 0 Å². The quantitative estimate of drug-likeness (QED) is 0.877. The summed E-state index contributed by atoms with van der Waals surface area (Å²) in [5.74, 6) is 2.11. The van der Waals surface area contributed by atoms with Crippen LogP contribution >= 0.6 is 11.6 Å². The number of fused-ring (bicyclic) bond motifs is 1. The standard InChI is InChI=1S/C13H18ClNO2/c1-3-9(2)6-15-7-10-4-11(14)13-12(5-10)16-8-17-13/h4-5,9,15H,3,6-8H2,1-2H3. The van der Waals surface area contributed by atoms with Crippen molar-refractivity contribution in [1.82, 2.24) is 5.32 Å². The van der Waals surface area contributed by atoms with Crippen molar-refractivity contribution in [2.45, 2.75) is 26.8 Å². The molecule has 0 spiro atoms. The molecule has 1 aromatic rings. The Morgan fingerprint density at radius 1 is 1.41 bits per heavy atom. The summed E-state index contributed by atoms with van der Waals surface area (Å²) in [4.78, 5) is 0. The summed E-state index contributed by atoms with van der Waals surface area (Å²) in [7, 11) is 0. The van der Waals surface area contributed by atoms with E-state index in [2.05, 4.69) is 19.2 Å². The zero-order chi connectivity index (χ0) is 12.3. The second-order valence-electron chi connectivity index (χ2n) is 4.46. The van der Waals surface area contributed by atoms with Gasteiger partial charge in [-0.3, -0.25) is 0 Å². The van der Waals surface area contributed by atoms with Crippen LogP contribution in [0.4, 0.5) is 0 Å². The third-order valence-electron chi connectivity index (χ3n) is 3.01. The fourth-order valence-electron chi connectivity index (χ4n) is 1.73. The summed E-state index contributed by atoms with van der Waals surface area (Å²) in [5.41, 5.74) is 1.13. The van der Waals surface area contributed by atoms with Crippen molar-refractivity contribution in [2.24, 2.45) is 5.92 Å². The summed E-state index contributed by atoms with van der Waals surface area (Å²) in [6, 6.07) is 3.91. The number of hydrogen-bond donors (Lipinski definition) is 1. The van der Waals surface area contributed by atoms with Gasteiger partial charge in [-0.2, -0.15) is 0 Å². The van der Waals surface area contributed by atoms with Gasteiger partial charge in [-0.15, -0.1) is 0 Å². The van der Waals surface area contributed by atoms with E-state index in [-0.39, 0.29) is 6.79 Å². The molecule has 1 atom stereocenters. The Bertz CT molecular complexity index is 395. The molecule has 3 nitrogen and oxygen atoms in total. The zero-order valence-electron chi connectivity index (χ0n) is 10.3. The average Bonchev–Trinajstić information content (AvgIpc) is 2.77. The number of benzene rings is 1. The molecule has 1 N–H and O–H groups in total. The Morgan fingerprint density at radius 2 is 2.24 bits per heavy atom. The normalized spacial score (nSPS) is 15.0. The maximum absolute atomic E-state index is 6.11. The minimum Gasteiger partial charge on any atom is -0.454 e. The van der Waals surface area contributed by atoms with Gasteiger partial charge >= 0.3 is 0 Å². The number of hydrogen-bond acceptors (Lipinski definition) is 3. The Balaban J connectivity index is 1.96. The molecular formula is C13H18ClNO2. The molecule has 0 saturated carbocycles. The monoisotopic (exact) mass is 255 g/mol. The lowest BCUT2D eigenvalue weighted by atomic mass is 10.1. The fraction of sp³-hybridized carbons (Fsp3) is 0.538. The van der Waals surface area contributed by atoms with E-state index in [1.54, 1.807) is 0 Å². The van der Waals surface area contributed by atoms with Gasteiger partial charge in [0.15, 0.2) is 11.5 Å². The molecule has 0 amide bonds. The van der Waals surface area contributed by atoms with Crippen LogP contribution in [0.5, 0.6) is 11.5 Å². The molecule has 1 unspecified atom stereocenters. The molecule has 2 rings (SSSR count). The topological polar surface area (TPSA) is 30.5 Å². The summed E-state index contributed by atoms with van der Waals surface area (Å²) in [6.45, 7) is 6.52. The lowest BCUT2D eigenvalue weighted by Crippen LogP contribution is -2.20. The van der Waals surface area contributed by atoms with E-state index in [0.29, 0.717) is 16.7 Å². The Hall–Kier alpha value is -0.930. The van der Waals surface area contributed by atoms with Crippen LogP contribution in [0.2, 0.25) is 5.02 Å². The molecule has 0 aromatic heterocycles. The molecular weight excluding hydrogens is 238 g/mol. The van der Waals surface area contributed by atoms with Gasteiger partial charge in [0.05, 0.1) is 5.02 Å². The number of nitrogens with one attached hydrogen (secondary N) is 1. The molecule has 0 radical (unpaired) electrons. The largest absolute Gasteiger partial charge is 0.454 e. The van der Waals surface area contributed by atoms with Crippen LogP contribution in [-0.4, -0.2) is 13.3 Å². The van der Waals surface area contributed by atoms with Crippen LogP contribution in [-0.2, 0) is 6.54 Å². The second-order valence-corrected chi connectivity index (χ2v) is 4.86. The first-order chi connectivity index (χ1) is 8.20. The van der Waals surface area contributed by atoms with Crippen molar-refractivity contribution >= 4 is 11.6 Å². The molecule has 1 aliphatic rings. The van der Waals surface area contributed by atoms with E-state index < -0.39 is 0 Å². The first kappa shape index (κ1) is 12.5. The molecule has 4 heteroatoms. The zero-order valence-corrected chi connectivity index (χ0v) is 11.0. The van der Waals surface area contributed by atoms with Gasteiger partial charge < -0.3 is 14.8 Å². The number of halogens is 1. The highest BCUT2D eigenvalue weighted by atomic mass is 35.5. The van der Waals surface area contributed by atoms with E-state index in [1.807, 2.05) is 12.1 Å². The third-order valence-corrected chi connectivity index (χ3v) is 3.29. The van der Waals surface area contributed by atoms with E-state index in [0.717, 1.165) is 24.4 Å². The molecule has 0 saturated heterocycles. The highest BCUT2D eigenvalue weighted by Gasteiger charge is 2.17. The molecule has 94 valence electrons. The van der Waals surface area contributed by atoms with Gasteiger partial charge in [0, 0.05) is 6.54 Å². The van der Waals surface area contributed by atoms with Crippen molar-refractivity contribution in [3.8, 4) is 11.5 Å². The molecule has 1 aliphatic heterocycles. The van der Waals surface area contributed by atoms with Crippen LogP contribution in [0, 0.1) is 5.92 Å². The SMILES string of the molecule is CCC(C)CNCc1cc(Cl)c2c(c1)OCO2. The molecule has 17 heavy (non-hydrogen) atoms. The minimum atomic E-state index is 0.263. The van der Waals surface area contributed by atoms with Crippen molar-refractivity contribution in [3.63, 3.8) is 0 Å². The van der Waals surface area contributed by atoms with Crippen LogP contribution in [0.15, 0.2) is 12.1 Å². The number of ether oxygens (including phenoxy) is 2. The number of rotatable bonds is 5. The second kappa shape index (κ2) is 5.61. The van der Waals surface area contributed by atoms with E-state index in [1.165, 1.54) is 6.42 Å². The van der Waals surface area contributed by atoms with Crippen LogP contribution < -0.4 is 14.8 Å². The molecule has 0 fully saturated rings. The summed E-state index contributed by atoms with van der Waals surface area (Å²) in [5, 5.41) is 4.04. The predicted molar refractivity (Wildman–Crippen MR) is 68.7 cm³/mol. The average molecular weight is 256 g/mol. The molecule has 0 bridgehead atoms. The van der Waals surface area contributed by atoms with Crippen molar-refractivity contribution in [3.05, 3.63) is 22.7 Å². The fourth-order valence-corrected chi connectivity index (χ4v) is 2.02. The van der Waals surface area contributed by atoms with Crippen LogP contribution in [0.1, 0.15) is 25.8 Å². The maximum atomic E-state index is 6.11. The van der Waals surface area contributed by atoms with Crippen molar-refractivity contribution in [2.75, 3.05) is 13.3 Å². The van der Waals surface area contributed by atoms with Gasteiger partial charge in [-0.05, 0) is 30.2 Å². The molecule has 1 heterocycles. The van der Waals surface area contributed by atoms with Gasteiger partial charge in [-0.25, -0.2) is 0 Å². The first-order valence-corrected chi connectivity index (χ1v) is 6.37. The van der Waals surface area contributed by atoms with E-state index in [4.69, 9.17) is 21.1 Å². The minimum absolute atomic E-state index is 0.263. The first-order valence-electron chi connectivity index (χ1n) is 5.99. The highest BCUT2D eigenvalue weighted by Crippen LogP contribution is 2.39. The van der Waals surface area contributed by atoms with Crippen LogP contribution in [0.25, 0.3) is 0 Å². The lowest BCUT2D eigenvalue weighted by molar-refractivity contribution is 0.174.